The van der Waals surface area contributed by atoms with Crippen LogP contribution in [0.25, 0.3) is 128 Å². The Balaban J connectivity index is 0.971. The molecule has 8 aromatic carbocycles. The van der Waals surface area contributed by atoms with Crippen molar-refractivity contribution in [3.8, 4) is 62.5 Å². The minimum Gasteiger partial charge on any atom is -0.456 e. The summed E-state index contributed by atoms with van der Waals surface area (Å²) in [6.45, 7) is 0. The first kappa shape index (κ1) is 35.0. The summed E-state index contributed by atoms with van der Waals surface area (Å²) in [5, 5.41) is 5.12. The maximum absolute atomic E-state index is 6.55. The van der Waals surface area contributed by atoms with Crippen LogP contribution in [0, 0.1) is 0 Å². The summed E-state index contributed by atoms with van der Waals surface area (Å²) in [6.07, 6.45) is 0. The lowest BCUT2D eigenvalue weighted by molar-refractivity contribution is 0.667. The van der Waals surface area contributed by atoms with Crippen LogP contribution in [-0.4, -0.2) is 29.5 Å². The van der Waals surface area contributed by atoms with Crippen LogP contribution in [0.2, 0.25) is 0 Å². The van der Waals surface area contributed by atoms with Gasteiger partial charge in [0.05, 0.1) is 11.0 Å². The van der Waals surface area contributed by atoms with Gasteiger partial charge in [0.1, 0.15) is 28.0 Å². The highest BCUT2D eigenvalue weighted by molar-refractivity contribution is 6.16. The van der Waals surface area contributed by atoms with Crippen LogP contribution in [-0.2, 0) is 0 Å². The van der Waals surface area contributed by atoms with Crippen molar-refractivity contribution in [2.24, 2.45) is 0 Å². The number of benzene rings is 8. The van der Waals surface area contributed by atoms with Gasteiger partial charge in [-0.15, -0.1) is 0 Å². The van der Waals surface area contributed by atoms with E-state index < -0.39 is 0 Å². The molecule has 5 heterocycles. The van der Waals surface area contributed by atoms with Crippen LogP contribution >= 0.6 is 0 Å². The first-order chi connectivity index (χ1) is 31.2. The Labute approximate surface area is 359 Å². The number of furan rings is 2. The number of aromatic nitrogens is 6. The molecule has 8 nitrogen and oxygen atoms in total. The zero-order valence-electron chi connectivity index (χ0n) is 33.5. The van der Waals surface area contributed by atoms with E-state index in [1.807, 2.05) is 109 Å². The van der Waals surface area contributed by atoms with Crippen LogP contribution < -0.4 is 0 Å². The molecule has 0 N–H and O–H groups in total. The Bertz CT molecular complexity index is 3910. The molecule has 8 heteroatoms. The van der Waals surface area contributed by atoms with E-state index in [2.05, 4.69) is 89.5 Å². The van der Waals surface area contributed by atoms with Crippen molar-refractivity contribution in [1.29, 1.82) is 0 Å². The average Bonchev–Trinajstić information content (AvgIpc) is 4.03. The first-order valence-electron chi connectivity index (χ1n) is 20.8. The van der Waals surface area contributed by atoms with Crippen molar-refractivity contribution in [3.05, 3.63) is 194 Å². The second kappa shape index (κ2) is 13.9. The first-order valence-corrected chi connectivity index (χ1v) is 20.8. The molecule has 0 aliphatic rings. The number of hydrogen-bond donors (Lipinski definition) is 0. The van der Waals surface area contributed by atoms with E-state index in [-0.39, 0.29) is 0 Å². The zero-order chi connectivity index (χ0) is 41.4. The topological polar surface area (TPSA) is 95.7 Å². The zero-order valence-corrected chi connectivity index (χ0v) is 33.5. The predicted molar refractivity (Wildman–Crippen MR) is 251 cm³/mol. The molecule has 0 aliphatic carbocycles. The molecule has 0 fully saturated rings. The molecule has 0 saturated heterocycles. The van der Waals surface area contributed by atoms with Gasteiger partial charge in [0.2, 0.25) is 5.95 Å². The monoisotopic (exact) mass is 808 g/mol. The van der Waals surface area contributed by atoms with E-state index in [0.717, 1.165) is 99.3 Å². The molecule has 63 heavy (non-hydrogen) atoms. The summed E-state index contributed by atoms with van der Waals surface area (Å²) in [4.78, 5) is 25.7. The SMILES string of the molecule is c1ccc(-c2nc(-c3ccc4oc5cc(-c6nc(-c7ccccc7)c7oc8ccccc8c7n6)ccc5c4c3)nc(-n3c4ccccc4c4c(-c5ccccc5)cccc43)n2)cc1. The van der Waals surface area contributed by atoms with Gasteiger partial charge in [-0.2, -0.15) is 9.97 Å². The number of rotatable bonds is 6. The quantitative estimate of drug-likeness (QED) is 0.165. The Morgan fingerprint density at radius 1 is 0.349 bits per heavy atom. The number of fused-ring (bicyclic) bond motifs is 9. The molecule has 0 bridgehead atoms. The molecule has 0 unspecified atom stereocenters. The normalized spacial score (nSPS) is 11.8. The Morgan fingerprint density at radius 2 is 0.968 bits per heavy atom. The van der Waals surface area contributed by atoms with Gasteiger partial charge in [0.25, 0.3) is 0 Å². The molecule has 5 aromatic heterocycles. The van der Waals surface area contributed by atoms with Crippen molar-refractivity contribution in [1.82, 2.24) is 29.5 Å². The second-order valence-electron chi connectivity index (χ2n) is 15.6. The minimum absolute atomic E-state index is 0.536. The molecule has 0 atom stereocenters. The number of para-hydroxylation sites is 2. The molecular formula is C55H32N6O2. The molecule has 0 saturated carbocycles. The van der Waals surface area contributed by atoms with E-state index in [1.54, 1.807) is 0 Å². The Morgan fingerprint density at radius 3 is 1.78 bits per heavy atom. The van der Waals surface area contributed by atoms with Gasteiger partial charge in [-0.3, -0.25) is 4.57 Å². The second-order valence-corrected chi connectivity index (χ2v) is 15.6. The van der Waals surface area contributed by atoms with E-state index in [9.17, 15) is 0 Å². The van der Waals surface area contributed by atoms with E-state index in [0.29, 0.717) is 29.0 Å². The van der Waals surface area contributed by atoms with Gasteiger partial charge in [0, 0.05) is 49.2 Å². The van der Waals surface area contributed by atoms with Crippen LogP contribution in [0.1, 0.15) is 0 Å². The molecule has 0 amide bonds. The maximum atomic E-state index is 6.55. The van der Waals surface area contributed by atoms with Crippen molar-refractivity contribution < 1.29 is 8.83 Å². The summed E-state index contributed by atoms with van der Waals surface area (Å²) in [5.41, 5.74) is 12.3. The van der Waals surface area contributed by atoms with Crippen molar-refractivity contribution in [2.75, 3.05) is 0 Å². The van der Waals surface area contributed by atoms with Gasteiger partial charge in [0.15, 0.2) is 23.1 Å². The van der Waals surface area contributed by atoms with Crippen LogP contribution in [0.3, 0.4) is 0 Å². The molecular weight excluding hydrogens is 777 g/mol. The lowest BCUT2D eigenvalue weighted by atomic mass is 9.99. The van der Waals surface area contributed by atoms with E-state index >= 15 is 0 Å². The lowest BCUT2D eigenvalue weighted by Gasteiger charge is -2.11. The summed E-state index contributed by atoms with van der Waals surface area (Å²) >= 11 is 0. The summed E-state index contributed by atoms with van der Waals surface area (Å²) in [5.74, 6) is 2.26. The summed E-state index contributed by atoms with van der Waals surface area (Å²) < 4.78 is 15.1. The van der Waals surface area contributed by atoms with Gasteiger partial charge in [-0.1, -0.05) is 140 Å². The minimum atomic E-state index is 0.536. The van der Waals surface area contributed by atoms with E-state index in [4.69, 9.17) is 33.8 Å². The number of hydrogen-bond acceptors (Lipinski definition) is 7. The third kappa shape index (κ3) is 5.66. The highest BCUT2D eigenvalue weighted by Crippen LogP contribution is 2.40. The van der Waals surface area contributed by atoms with Crippen LogP contribution in [0.15, 0.2) is 203 Å². The fourth-order valence-electron chi connectivity index (χ4n) is 8.97. The molecule has 0 radical (unpaired) electrons. The van der Waals surface area contributed by atoms with Gasteiger partial charge in [-0.25, -0.2) is 15.0 Å². The highest BCUT2D eigenvalue weighted by atomic mass is 16.3. The molecule has 13 rings (SSSR count). The fraction of sp³-hybridized carbons (Fsp3) is 0. The predicted octanol–water partition coefficient (Wildman–Crippen LogP) is 13.9. The van der Waals surface area contributed by atoms with Gasteiger partial charge >= 0.3 is 0 Å². The maximum Gasteiger partial charge on any atom is 0.238 e. The Kier molecular flexibility index (Phi) is 7.74. The summed E-state index contributed by atoms with van der Waals surface area (Å²) in [6, 6.07) is 65.9. The smallest absolute Gasteiger partial charge is 0.238 e. The van der Waals surface area contributed by atoms with Crippen molar-refractivity contribution in [2.45, 2.75) is 0 Å². The molecule has 0 aliphatic heterocycles. The molecule has 294 valence electrons. The third-order valence-corrected chi connectivity index (χ3v) is 11.9. The standard InChI is InChI=1S/C55H32N6O2/c1-4-15-33(16-5-1)38-23-14-25-44-48(38)40-21-10-12-24-43(40)61(44)55-59-52(35-19-8-3-9-20-35)58-54(60-55)36-28-30-46-42(31-36)39-29-27-37(32-47(39)62-46)53-56-49(34-17-6-2-7-18-34)51-50(57-53)41-22-11-13-26-45(41)63-51/h1-32H. The van der Waals surface area contributed by atoms with Crippen molar-refractivity contribution >= 4 is 65.8 Å². The van der Waals surface area contributed by atoms with Crippen molar-refractivity contribution in [3.63, 3.8) is 0 Å². The third-order valence-electron chi connectivity index (χ3n) is 11.9. The van der Waals surface area contributed by atoms with Crippen LogP contribution in [0.4, 0.5) is 0 Å². The highest BCUT2D eigenvalue weighted by Gasteiger charge is 2.22. The van der Waals surface area contributed by atoms with Gasteiger partial charge < -0.3 is 8.83 Å². The molecule has 13 aromatic rings. The lowest BCUT2D eigenvalue weighted by Crippen LogP contribution is -2.06. The molecule has 0 spiro atoms. The largest absolute Gasteiger partial charge is 0.456 e. The number of nitrogens with zero attached hydrogens (tertiary/aromatic N) is 6. The van der Waals surface area contributed by atoms with Gasteiger partial charge in [-0.05, 0) is 65.7 Å². The fourth-order valence-corrected chi connectivity index (χ4v) is 8.97. The van der Waals surface area contributed by atoms with E-state index in [1.165, 1.54) is 0 Å². The summed E-state index contributed by atoms with van der Waals surface area (Å²) in [7, 11) is 0. The van der Waals surface area contributed by atoms with Crippen LogP contribution in [0.5, 0.6) is 0 Å². The average molecular weight is 809 g/mol. The Hall–Kier alpha value is -8.75.